The lowest BCUT2D eigenvalue weighted by molar-refractivity contribution is 0.188. The van der Waals surface area contributed by atoms with E-state index >= 15 is 0 Å². The number of unbranched alkanes of at least 4 members (excludes halogenated alkanes) is 3. The van der Waals surface area contributed by atoms with Gasteiger partial charge < -0.3 is 5.32 Å². The molecular formula is C19H32N2. The Morgan fingerprint density at radius 3 is 2.86 bits per heavy atom. The Bertz CT molecular complexity index is 402. The monoisotopic (exact) mass is 288 g/mol. The van der Waals surface area contributed by atoms with E-state index in [1.165, 1.54) is 69.2 Å². The van der Waals surface area contributed by atoms with Gasteiger partial charge in [0.25, 0.3) is 0 Å². The maximum absolute atomic E-state index is 3.43. The van der Waals surface area contributed by atoms with Crippen LogP contribution in [0.1, 0.15) is 56.6 Å². The second-order valence-corrected chi connectivity index (χ2v) is 6.49. The van der Waals surface area contributed by atoms with Crippen molar-refractivity contribution < 1.29 is 0 Å². The first kappa shape index (κ1) is 16.5. The molecule has 0 aromatic heterocycles. The molecule has 1 fully saturated rings. The molecule has 1 unspecified atom stereocenters. The van der Waals surface area contributed by atoms with Gasteiger partial charge in [0.05, 0.1) is 0 Å². The number of benzene rings is 1. The van der Waals surface area contributed by atoms with Gasteiger partial charge in [-0.2, -0.15) is 0 Å². The molecule has 1 aromatic carbocycles. The zero-order chi connectivity index (χ0) is 14.9. The average molecular weight is 288 g/mol. The molecule has 2 rings (SSSR count). The van der Waals surface area contributed by atoms with E-state index in [4.69, 9.17) is 0 Å². The molecule has 1 N–H and O–H groups in total. The van der Waals surface area contributed by atoms with Crippen molar-refractivity contribution >= 4 is 0 Å². The predicted molar refractivity (Wildman–Crippen MR) is 91.6 cm³/mol. The van der Waals surface area contributed by atoms with E-state index in [1.54, 1.807) is 0 Å². The van der Waals surface area contributed by atoms with Crippen LogP contribution in [-0.2, 0) is 13.0 Å². The van der Waals surface area contributed by atoms with E-state index in [1.807, 2.05) is 0 Å². The quantitative estimate of drug-likeness (QED) is 0.728. The molecule has 0 amide bonds. The number of nitrogens with zero attached hydrogens (tertiary/aromatic N) is 1. The van der Waals surface area contributed by atoms with Crippen molar-refractivity contribution in [2.75, 3.05) is 20.1 Å². The highest BCUT2D eigenvalue weighted by Gasteiger charge is 2.18. The maximum atomic E-state index is 3.43. The zero-order valence-corrected chi connectivity index (χ0v) is 13.9. The Balaban J connectivity index is 1.82. The van der Waals surface area contributed by atoms with Gasteiger partial charge in [0.15, 0.2) is 0 Å². The zero-order valence-electron chi connectivity index (χ0n) is 13.9. The molecule has 1 atom stereocenters. The van der Waals surface area contributed by atoms with E-state index in [2.05, 4.69) is 48.5 Å². The fourth-order valence-corrected chi connectivity index (χ4v) is 3.33. The van der Waals surface area contributed by atoms with Crippen molar-refractivity contribution in [3.8, 4) is 0 Å². The van der Waals surface area contributed by atoms with Crippen LogP contribution in [0.3, 0.4) is 0 Å². The summed E-state index contributed by atoms with van der Waals surface area (Å²) in [5.41, 5.74) is 3.01. The van der Waals surface area contributed by atoms with Crippen LogP contribution in [0.2, 0.25) is 0 Å². The summed E-state index contributed by atoms with van der Waals surface area (Å²) in [6.45, 7) is 5.83. The van der Waals surface area contributed by atoms with Gasteiger partial charge in [-0.15, -0.1) is 0 Å². The number of rotatable bonds is 8. The summed E-state index contributed by atoms with van der Waals surface area (Å²) in [4.78, 5) is 2.60. The molecule has 21 heavy (non-hydrogen) atoms. The molecule has 0 bridgehead atoms. The molecule has 0 spiro atoms. The van der Waals surface area contributed by atoms with Gasteiger partial charge in [0.2, 0.25) is 0 Å². The summed E-state index contributed by atoms with van der Waals surface area (Å²) in [6, 6.07) is 9.93. The van der Waals surface area contributed by atoms with Gasteiger partial charge in [-0.1, -0.05) is 50.5 Å². The van der Waals surface area contributed by atoms with Crippen LogP contribution in [0, 0.1) is 0 Å². The van der Waals surface area contributed by atoms with Gasteiger partial charge in [0, 0.05) is 19.1 Å². The Morgan fingerprint density at radius 2 is 2.05 bits per heavy atom. The molecular weight excluding hydrogens is 256 g/mol. The van der Waals surface area contributed by atoms with E-state index in [9.17, 15) is 0 Å². The topological polar surface area (TPSA) is 15.3 Å². The Kier molecular flexibility index (Phi) is 7.25. The predicted octanol–water partition coefficient (Wildman–Crippen LogP) is 3.99. The molecule has 2 heteroatoms. The molecule has 0 saturated carbocycles. The highest BCUT2D eigenvalue weighted by Crippen LogP contribution is 2.16. The minimum Gasteiger partial charge on any atom is -0.316 e. The van der Waals surface area contributed by atoms with Gasteiger partial charge in [-0.25, -0.2) is 0 Å². The molecule has 1 aliphatic heterocycles. The number of nitrogens with one attached hydrogen (secondary N) is 1. The SMILES string of the molecule is CCCCCCc1cccc(CN2CCCC(NC)C2)c1. The van der Waals surface area contributed by atoms with Crippen molar-refractivity contribution in [2.24, 2.45) is 0 Å². The maximum Gasteiger partial charge on any atom is 0.0234 e. The first-order valence-electron chi connectivity index (χ1n) is 8.79. The largest absolute Gasteiger partial charge is 0.316 e. The van der Waals surface area contributed by atoms with E-state index in [0.29, 0.717) is 6.04 Å². The molecule has 0 aliphatic carbocycles. The second-order valence-electron chi connectivity index (χ2n) is 6.49. The van der Waals surface area contributed by atoms with Crippen molar-refractivity contribution in [1.82, 2.24) is 10.2 Å². The van der Waals surface area contributed by atoms with Crippen LogP contribution < -0.4 is 5.32 Å². The molecule has 1 aliphatic rings. The highest BCUT2D eigenvalue weighted by atomic mass is 15.2. The van der Waals surface area contributed by atoms with Gasteiger partial charge in [0.1, 0.15) is 0 Å². The van der Waals surface area contributed by atoms with Crippen LogP contribution in [0.15, 0.2) is 24.3 Å². The lowest BCUT2D eigenvalue weighted by Crippen LogP contribution is -2.43. The van der Waals surface area contributed by atoms with Crippen LogP contribution in [-0.4, -0.2) is 31.1 Å². The van der Waals surface area contributed by atoms with Crippen molar-refractivity contribution in [3.63, 3.8) is 0 Å². The second kappa shape index (κ2) is 9.22. The van der Waals surface area contributed by atoms with Crippen LogP contribution in [0.25, 0.3) is 0 Å². The molecule has 1 heterocycles. The Labute approximate surface area is 130 Å². The Hall–Kier alpha value is -0.860. The first-order chi connectivity index (χ1) is 10.3. The van der Waals surface area contributed by atoms with Crippen LogP contribution in [0.5, 0.6) is 0 Å². The third-order valence-electron chi connectivity index (χ3n) is 4.63. The van der Waals surface area contributed by atoms with E-state index in [-0.39, 0.29) is 0 Å². The number of piperidine rings is 1. The van der Waals surface area contributed by atoms with Crippen molar-refractivity contribution in [1.29, 1.82) is 0 Å². The van der Waals surface area contributed by atoms with Gasteiger partial charge in [-0.05, 0) is 50.4 Å². The molecule has 0 radical (unpaired) electrons. The smallest absolute Gasteiger partial charge is 0.0234 e. The normalized spacial score (nSPS) is 19.8. The summed E-state index contributed by atoms with van der Waals surface area (Å²) in [5.74, 6) is 0. The number of likely N-dealkylation sites (N-methyl/N-ethyl adjacent to an activating group) is 1. The van der Waals surface area contributed by atoms with Crippen molar-refractivity contribution in [3.05, 3.63) is 35.4 Å². The number of likely N-dealkylation sites (tertiary alicyclic amines) is 1. The Morgan fingerprint density at radius 1 is 1.19 bits per heavy atom. The van der Waals surface area contributed by atoms with Gasteiger partial charge >= 0.3 is 0 Å². The molecule has 1 saturated heterocycles. The van der Waals surface area contributed by atoms with Crippen molar-refractivity contribution in [2.45, 2.75) is 64.5 Å². The third kappa shape index (κ3) is 5.80. The lowest BCUT2D eigenvalue weighted by atomic mass is 10.0. The van der Waals surface area contributed by atoms with Crippen LogP contribution in [0.4, 0.5) is 0 Å². The fourth-order valence-electron chi connectivity index (χ4n) is 3.33. The van der Waals surface area contributed by atoms with E-state index in [0.717, 1.165) is 6.54 Å². The summed E-state index contributed by atoms with van der Waals surface area (Å²) >= 11 is 0. The van der Waals surface area contributed by atoms with Gasteiger partial charge in [-0.3, -0.25) is 4.90 Å². The first-order valence-corrected chi connectivity index (χ1v) is 8.79. The minimum atomic E-state index is 0.677. The molecule has 1 aromatic rings. The standard InChI is InChI=1S/C19H32N2/c1-3-4-5-6-9-17-10-7-11-18(14-17)15-21-13-8-12-19(16-21)20-2/h7,10-11,14,19-20H,3-6,8-9,12-13,15-16H2,1-2H3. The average Bonchev–Trinajstić information content (AvgIpc) is 2.52. The number of hydrogen-bond acceptors (Lipinski definition) is 2. The molecule has 2 nitrogen and oxygen atoms in total. The fraction of sp³-hybridized carbons (Fsp3) is 0.684. The summed E-state index contributed by atoms with van der Waals surface area (Å²) < 4.78 is 0. The van der Waals surface area contributed by atoms with E-state index < -0.39 is 0 Å². The van der Waals surface area contributed by atoms with Crippen LogP contribution >= 0.6 is 0 Å². The highest BCUT2D eigenvalue weighted by molar-refractivity contribution is 5.23. The molecule has 118 valence electrons. The number of aryl methyl sites for hydroxylation is 1. The summed E-state index contributed by atoms with van der Waals surface area (Å²) in [5, 5.41) is 3.43. The minimum absolute atomic E-state index is 0.677. The lowest BCUT2D eigenvalue weighted by Gasteiger charge is -2.32. The summed E-state index contributed by atoms with van der Waals surface area (Å²) in [6.07, 6.45) is 9.29. The third-order valence-corrected chi connectivity index (χ3v) is 4.63. The summed E-state index contributed by atoms with van der Waals surface area (Å²) in [7, 11) is 2.09. The number of hydrogen-bond donors (Lipinski definition) is 1.